The van der Waals surface area contributed by atoms with Gasteiger partial charge in [0.05, 0.1) is 0 Å². The summed E-state index contributed by atoms with van der Waals surface area (Å²) in [6.07, 6.45) is 5.83. The highest BCUT2D eigenvalue weighted by Crippen LogP contribution is 2.60. The molecule has 2 bridgehead atoms. The van der Waals surface area contributed by atoms with Crippen molar-refractivity contribution in [2.45, 2.75) is 24.7 Å². The van der Waals surface area contributed by atoms with Crippen LogP contribution in [0.1, 0.15) is 41.5 Å². The Morgan fingerprint density at radius 2 is 1.50 bits per heavy atom. The summed E-state index contributed by atoms with van der Waals surface area (Å²) in [5.74, 6) is 0.605. The fraction of sp³-hybridized carbons (Fsp3) is 0.222. The van der Waals surface area contributed by atoms with E-state index in [2.05, 4.69) is 67.6 Å². The second kappa shape index (κ2) is 3.35. The van der Waals surface area contributed by atoms with Gasteiger partial charge in [-0.1, -0.05) is 60.7 Å². The van der Waals surface area contributed by atoms with Crippen LogP contribution in [0.4, 0.5) is 0 Å². The highest BCUT2D eigenvalue weighted by atomic mass is 14.5. The molecule has 0 spiro atoms. The third kappa shape index (κ3) is 1.02. The van der Waals surface area contributed by atoms with E-state index in [0.29, 0.717) is 5.92 Å². The Bertz CT molecular complexity index is 601. The van der Waals surface area contributed by atoms with Gasteiger partial charge in [-0.15, -0.1) is 0 Å². The minimum atomic E-state index is 0.145. The molecule has 2 aliphatic rings. The van der Waals surface area contributed by atoms with Crippen LogP contribution in [-0.4, -0.2) is 0 Å². The fourth-order valence-corrected chi connectivity index (χ4v) is 4.02. The molecular formula is C18H16. The summed E-state index contributed by atoms with van der Waals surface area (Å²) in [4.78, 5) is 0. The van der Waals surface area contributed by atoms with Crippen LogP contribution in [0.2, 0.25) is 0 Å². The quantitative estimate of drug-likeness (QED) is 0.639. The predicted octanol–water partition coefficient (Wildman–Crippen LogP) is 4.40. The normalized spacial score (nSPS) is 27.5. The topological polar surface area (TPSA) is 0 Å². The number of rotatable bonds is 1. The smallest absolute Gasteiger partial charge is 0.0396 e. The van der Waals surface area contributed by atoms with E-state index in [4.69, 9.17) is 0 Å². The van der Waals surface area contributed by atoms with E-state index in [0.717, 1.165) is 0 Å². The van der Waals surface area contributed by atoms with E-state index in [1.54, 1.807) is 0 Å². The first-order valence-corrected chi connectivity index (χ1v) is 6.69. The molecule has 0 aromatic heterocycles. The summed E-state index contributed by atoms with van der Waals surface area (Å²) >= 11 is 0. The van der Waals surface area contributed by atoms with E-state index >= 15 is 0 Å². The first-order chi connectivity index (χ1) is 8.87. The maximum absolute atomic E-state index is 2.40. The molecule has 0 nitrogen and oxygen atoms in total. The lowest BCUT2D eigenvalue weighted by Crippen LogP contribution is -2.20. The van der Waals surface area contributed by atoms with Gasteiger partial charge in [-0.3, -0.25) is 0 Å². The van der Waals surface area contributed by atoms with Crippen LogP contribution >= 0.6 is 0 Å². The molecule has 0 unspecified atom stereocenters. The zero-order chi connectivity index (χ0) is 12.2. The third-order valence-electron chi connectivity index (χ3n) is 4.61. The largest absolute Gasteiger partial charge is 0.0904 e. The van der Waals surface area contributed by atoms with E-state index in [-0.39, 0.29) is 5.41 Å². The maximum Gasteiger partial charge on any atom is 0.0396 e. The third-order valence-corrected chi connectivity index (χ3v) is 4.61. The zero-order valence-electron chi connectivity index (χ0n) is 10.6. The Morgan fingerprint density at radius 1 is 0.944 bits per heavy atom. The van der Waals surface area contributed by atoms with Gasteiger partial charge in [-0.05, 0) is 35.6 Å². The minimum absolute atomic E-state index is 0.145. The number of allylic oxidation sites excluding steroid dienone is 2. The lowest BCUT2D eigenvalue weighted by Gasteiger charge is -2.28. The van der Waals surface area contributed by atoms with Crippen molar-refractivity contribution in [3.8, 4) is 0 Å². The van der Waals surface area contributed by atoms with Crippen molar-refractivity contribution < 1.29 is 0 Å². The Hall–Kier alpha value is -1.82. The van der Waals surface area contributed by atoms with Gasteiger partial charge < -0.3 is 0 Å². The Labute approximate surface area is 108 Å². The monoisotopic (exact) mass is 232 g/mol. The number of benzene rings is 2. The van der Waals surface area contributed by atoms with Gasteiger partial charge in [0.15, 0.2) is 0 Å². The average molecular weight is 232 g/mol. The number of hydrogen-bond donors (Lipinski definition) is 0. The van der Waals surface area contributed by atoms with Gasteiger partial charge in [0.1, 0.15) is 0 Å². The molecule has 0 saturated heterocycles. The van der Waals surface area contributed by atoms with Crippen LogP contribution in [0.15, 0.2) is 60.7 Å². The molecule has 0 atom stereocenters. The van der Waals surface area contributed by atoms with Gasteiger partial charge in [-0.2, -0.15) is 0 Å². The first-order valence-electron chi connectivity index (χ1n) is 6.69. The van der Waals surface area contributed by atoms with Crippen molar-refractivity contribution in [2.75, 3.05) is 0 Å². The standard InChI is InChI=1S/C18H16/c1-2-11-18-12-15(13-7-3-5-9-16(13)18)14-8-4-6-10-17(14)18/h2-11,15H,12H2,1H3/b11-2-. The highest BCUT2D eigenvalue weighted by Gasteiger charge is 2.50. The molecule has 18 heavy (non-hydrogen) atoms. The van der Waals surface area contributed by atoms with Crippen molar-refractivity contribution in [2.24, 2.45) is 0 Å². The van der Waals surface area contributed by atoms with E-state index in [9.17, 15) is 0 Å². The van der Waals surface area contributed by atoms with E-state index < -0.39 is 0 Å². The molecule has 2 aromatic carbocycles. The summed E-state index contributed by atoms with van der Waals surface area (Å²) in [5, 5.41) is 0. The van der Waals surface area contributed by atoms with Crippen LogP contribution in [0, 0.1) is 0 Å². The van der Waals surface area contributed by atoms with Crippen LogP contribution in [0.5, 0.6) is 0 Å². The maximum atomic E-state index is 2.40. The summed E-state index contributed by atoms with van der Waals surface area (Å²) in [5.41, 5.74) is 6.26. The Morgan fingerprint density at radius 3 is 2.06 bits per heavy atom. The van der Waals surface area contributed by atoms with E-state index in [1.807, 2.05) is 0 Å². The molecule has 2 aromatic rings. The second-order valence-electron chi connectivity index (χ2n) is 5.40. The zero-order valence-corrected chi connectivity index (χ0v) is 10.6. The minimum Gasteiger partial charge on any atom is -0.0904 e. The van der Waals surface area contributed by atoms with Gasteiger partial charge in [-0.25, -0.2) is 0 Å². The molecule has 0 N–H and O–H groups in total. The molecule has 4 rings (SSSR count). The number of fused-ring (bicyclic) bond motifs is 8. The predicted molar refractivity (Wildman–Crippen MR) is 74.9 cm³/mol. The fourth-order valence-electron chi connectivity index (χ4n) is 4.02. The molecule has 0 heteroatoms. The van der Waals surface area contributed by atoms with Crippen LogP contribution in [0.25, 0.3) is 0 Å². The van der Waals surface area contributed by atoms with Crippen LogP contribution in [0.3, 0.4) is 0 Å². The molecule has 0 saturated carbocycles. The van der Waals surface area contributed by atoms with Gasteiger partial charge in [0, 0.05) is 11.3 Å². The average Bonchev–Trinajstić information content (AvgIpc) is 2.92. The van der Waals surface area contributed by atoms with Crippen molar-refractivity contribution >= 4 is 0 Å². The van der Waals surface area contributed by atoms with Crippen molar-refractivity contribution in [3.05, 3.63) is 82.9 Å². The lowest BCUT2D eigenvalue weighted by molar-refractivity contribution is 0.657. The molecular weight excluding hydrogens is 216 g/mol. The molecule has 2 aliphatic carbocycles. The summed E-state index contributed by atoms with van der Waals surface area (Å²) in [6.45, 7) is 2.13. The molecule has 0 fully saturated rings. The summed E-state index contributed by atoms with van der Waals surface area (Å²) < 4.78 is 0. The lowest BCUT2D eigenvalue weighted by atomic mass is 9.75. The van der Waals surface area contributed by atoms with Gasteiger partial charge in [0.2, 0.25) is 0 Å². The Kier molecular flexibility index (Phi) is 1.89. The molecule has 0 heterocycles. The SMILES string of the molecule is C/C=C\C12CC(c3ccccc31)c1ccccc12. The molecule has 0 amide bonds. The molecule has 88 valence electrons. The number of hydrogen-bond acceptors (Lipinski definition) is 0. The van der Waals surface area contributed by atoms with Gasteiger partial charge >= 0.3 is 0 Å². The van der Waals surface area contributed by atoms with Crippen LogP contribution < -0.4 is 0 Å². The van der Waals surface area contributed by atoms with Crippen molar-refractivity contribution in [1.82, 2.24) is 0 Å². The highest BCUT2D eigenvalue weighted by molar-refractivity contribution is 5.65. The van der Waals surface area contributed by atoms with Crippen LogP contribution in [-0.2, 0) is 5.41 Å². The Balaban J connectivity index is 2.08. The molecule has 0 aliphatic heterocycles. The molecule has 0 radical (unpaired) electrons. The van der Waals surface area contributed by atoms with E-state index in [1.165, 1.54) is 28.7 Å². The summed E-state index contributed by atoms with van der Waals surface area (Å²) in [7, 11) is 0. The van der Waals surface area contributed by atoms with Gasteiger partial charge in [0.25, 0.3) is 0 Å². The summed E-state index contributed by atoms with van der Waals surface area (Å²) in [6, 6.07) is 17.9. The second-order valence-corrected chi connectivity index (χ2v) is 5.40. The van der Waals surface area contributed by atoms with Crippen molar-refractivity contribution in [1.29, 1.82) is 0 Å². The van der Waals surface area contributed by atoms with Crippen molar-refractivity contribution in [3.63, 3.8) is 0 Å². The first kappa shape index (κ1) is 10.1.